The molecule has 0 heterocycles. The molecule has 2 aromatic rings. The van der Waals surface area contributed by atoms with Crippen LogP contribution in [0.5, 0.6) is 5.75 Å². The minimum Gasteiger partial charge on any atom is -0.494 e. The number of aliphatic hydroxyl groups is 1. The van der Waals surface area contributed by atoms with Crippen LogP contribution >= 0.6 is 0 Å². The van der Waals surface area contributed by atoms with Gasteiger partial charge in [0.1, 0.15) is 5.75 Å². The van der Waals surface area contributed by atoms with Crippen molar-refractivity contribution in [2.45, 2.75) is 38.8 Å². The number of benzene rings is 2. The summed E-state index contributed by atoms with van der Waals surface area (Å²) in [5, 5.41) is 13.2. The van der Waals surface area contributed by atoms with Crippen LogP contribution in [-0.2, 0) is 4.79 Å². The third kappa shape index (κ3) is 4.83. The molecule has 0 spiro atoms. The highest BCUT2D eigenvalue weighted by molar-refractivity contribution is 5.77. The first kappa shape index (κ1) is 18.0. The summed E-state index contributed by atoms with van der Waals surface area (Å²) in [5.41, 5.74) is 1.71. The molecule has 0 aromatic heterocycles. The number of ether oxygens (including phenoxy) is 1. The highest BCUT2D eigenvalue weighted by Crippen LogP contribution is 2.27. The van der Waals surface area contributed by atoms with Crippen molar-refractivity contribution in [2.24, 2.45) is 0 Å². The van der Waals surface area contributed by atoms with Gasteiger partial charge < -0.3 is 15.2 Å². The van der Waals surface area contributed by atoms with Gasteiger partial charge in [0.25, 0.3) is 0 Å². The van der Waals surface area contributed by atoms with E-state index in [1.807, 2.05) is 68.4 Å². The van der Waals surface area contributed by atoms with E-state index in [4.69, 9.17) is 4.74 Å². The summed E-state index contributed by atoms with van der Waals surface area (Å²) in [6, 6.07) is 16.8. The molecule has 4 nitrogen and oxygen atoms in total. The van der Waals surface area contributed by atoms with E-state index >= 15 is 0 Å². The number of rotatable bonds is 8. The average molecular weight is 327 g/mol. The first-order chi connectivity index (χ1) is 11.7. The van der Waals surface area contributed by atoms with E-state index in [0.717, 1.165) is 23.3 Å². The van der Waals surface area contributed by atoms with Gasteiger partial charge in [0.15, 0.2) is 0 Å². The molecule has 0 aliphatic carbocycles. The standard InChI is InChI=1S/C20H25NO3/c1-3-17(16-12-8-9-13-19(16)24-4-2)21-20(23)14-18(22)15-10-6-5-7-11-15/h5-13,17-18,22H,3-4,14H2,1-2H3,(H,21,23). The summed E-state index contributed by atoms with van der Waals surface area (Å²) in [7, 11) is 0. The Hall–Kier alpha value is -2.33. The van der Waals surface area contributed by atoms with Gasteiger partial charge in [-0.2, -0.15) is 0 Å². The molecule has 2 N–H and O–H groups in total. The molecule has 128 valence electrons. The molecule has 0 aliphatic heterocycles. The lowest BCUT2D eigenvalue weighted by Gasteiger charge is -2.21. The SMILES string of the molecule is CCOc1ccccc1C(CC)NC(=O)CC(O)c1ccccc1. The Morgan fingerprint density at radius 2 is 1.75 bits per heavy atom. The van der Waals surface area contributed by atoms with Crippen molar-refractivity contribution in [1.82, 2.24) is 5.32 Å². The van der Waals surface area contributed by atoms with E-state index < -0.39 is 6.10 Å². The van der Waals surface area contributed by atoms with Crippen LogP contribution in [0.2, 0.25) is 0 Å². The third-order valence-electron chi connectivity index (χ3n) is 3.90. The molecular formula is C20H25NO3. The Morgan fingerprint density at radius 1 is 1.08 bits per heavy atom. The lowest BCUT2D eigenvalue weighted by molar-refractivity contribution is -0.123. The van der Waals surface area contributed by atoms with Gasteiger partial charge >= 0.3 is 0 Å². The fourth-order valence-electron chi connectivity index (χ4n) is 2.68. The van der Waals surface area contributed by atoms with Crippen molar-refractivity contribution in [3.8, 4) is 5.75 Å². The Bertz CT molecular complexity index is 642. The smallest absolute Gasteiger partial charge is 0.223 e. The molecule has 0 saturated carbocycles. The van der Waals surface area contributed by atoms with Crippen molar-refractivity contribution < 1.29 is 14.6 Å². The van der Waals surface area contributed by atoms with Crippen LogP contribution in [0, 0.1) is 0 Å². The molecule has 2 unspecified atom stereocenters. The van der Waals surface area contributed by atoms with Gasteiger partial charge in [-0.05, 0) is 25.0 Å². The second-order valence-electron chi connectivity index (χ2n) is 5.63. The maximum absolute atomic E-state index is 12.3. The second kappa shape index (κ2) is 9.08. The van der Waals surface area contributed by atoms with E-state index in [2.05, 4.69) is 5.32 Å². The molecule has 0 radical (unpaired) electrons. The fourth-order valence-corrected chi connectivity index (χ4v) is 2.68. The lowest BCUT2D eigenvalue weighted by atomic mass is 10.0. The van der Waals surface area contributed by atoms with Crippen molar-refractivity contribution in [3.05, 3.63) is 65.7 Å². The van der Waals surface area contributed by atoms with E-state index in [1.54, 1.807) is 0 Å². The van der Waals surface area contributed by atoms with E-state index in [9.17, 15) is 9.90 Å². The lowest BCUT2D eigenvalue weighted by Crippen LogP contribution is -2.29. The van der Waals surface area contributed by atoms with Crippen molar-refractivity contribution in [3.63, 3.8) is 0 Å². The molecule has 0 bridgehead atoms. The summed E-state index contributed by atoms with van der Waals surface area (Å²) in [4.78, 5) is 12.3. The third-order valence-corrected chi connectivity index (χ3v) is 3.90. The summed E-state index contributed by atoms with van der Waals surface area (Å²) in [6.07, 6.45) is -0.0139. The Morgan fingerprint density at radius 3 is 2.42 bits per heavy atom. The predicted octanol–water partition coefficient (Wildman–Crippen LogP) is 3.78. The molecule has 4 heteroatoms. The number of hydrogen-bond acceptors (Lipinski definition) is 3. The molecule has 24 heavy (non-hydrogen) atoms. The van der Waals surface area contributed by atoms with Crippen LogP contribution < -0.4 is 10.1 Å². The zero-order valence-electron chi connectivity index (χ0n) is 14.2. The zero-order chi connectivity index (χ0) is 17.4. The number of hydrogen-bond donors (Lipinski definition) is 2. The number of carbonyl (C=O) groups is 1. The monoisotopic (exact) mass is 327 g/mol. The largest absolute Gasteiger partial charge is 0.494 e. The van der Waals surface area contributed by atoms with Gasteiger partial charge in [0.05, 0.1) is 25.2 Å². The van der Waals surface area contributed by atoms with Crippen molar-refractivity contribution >= 4 is 5.91 Å². The normalized spacial score (nSPS) is 13.1. The maximum Gasteiger partial charge on any atom is 0.223 e. The van der Waals surface area contributed by atoms with Crippen LogP contribution in [0.25, 0.3) is 0 Å². The Kier molecular flexibility index (Phi) is 6.82. The van der Waals surface area contributed by atoms with Crippen LogP contribution in [-0.4, -0.2) is 17.6 Å². The summed E-state index contributed by atoms with van der Waals surface area (Å²) >= 11 is 0. The Labute approximate surface area is 143 Å². The van der Waals surface area contributed by atoms with Gasteiger partial charge in [0, 0.05) is 5.56 Å². The summed E-state index contributed by atoms with van der Waals surface area (Å²) in [5.74, 6) is 0.611. The molecule has 1 amide bonds. The van der Waals surface area contributed by atoms with Crippen LogP contribution in [0.1, 0.15) is 50.0 Å². The number of aliphatic hydroxyl groups excluding tert-OH is 1. The number of carbonyl (C=O) groups excluding carboxylic acids is 1. The van der Waals surface area contributed by atoms with E-state index in [-0.39, 0.29) is 18.4 Å². The van der Waals surface area contributed by atoms with Gasteiger partial charge in [-0.1, -0.05) is 55.5 Å². The second-order valence-corrected chi connectivity index (χ2v) is 5.63. The van der Waals surface area contributed by atoms with Crippen LogP contribution in [0.3, 0.4) is 0 Å². The molecule has 0 saturated heterocycles. The van der Waals surface area contributed by atoms with Crippen LogP contribution in [0.4, 0.5) is 0 Å². The molecule has 2 atom stereocenters. The maximum atomic E-state index is 12.3. The van der Waals surface area contributed by atoms with Crippen molar-refractivity contribution in [2.75, 3.05) is 6.61 Å². The molecule has 2 aromatic carbocycles. The van der Waals surface area contributed by atoms with Gasteiger partial charge in [-0.3, -0.25) is 4.79 Å². The zero-order valence-corrected chi connectivity index (χ0v) is 14.2. The average Bonchev–Trinajstić information content (AvgIpc) is 2.61. The summed E-state index contributed by atoms with van der Waals surface area (Å²) in [6.45, 7) is 4.53. The van der Waals surface area contributed by atoms with Gasteiger partial charge in [-0.15, -0.1) is 0 Å². The highest BCUT2D eigenvalue weighted by Gasteiger charge is 2.19. The number of para-hydroxylation sites is 1. The molecular weight excluding hydrogens is 302 g/mol. The van der Waals surface area contributed by atoms with Gasteiger partial charge in [-0.25, -0.2) is 0 Å². The first-order valence-corrected chi connectivity index (χ1v) is 8.39. The highest BCUT2D eigenvalue weighted by atomic mass is 16.5. The number of nitrogens with one attached hydrogen (secondary N) is 1. The summed E-state index contributed by atoms with van der Waals surface area (Å²) < 4.78 is 5.65. The minimum atomic E-state index is -0.800. The molecule has 2 rings (SSSR count). The quantitative estimate of drug-likeness (QED) is 0.776. The fraction of sp³-hybridized carbons (Fsp3) is 0.350. The van der Waals surface area contributed by atoms with E-state index in [1.165, 1.54) is 0 Å². The van der Waals surface area contributed by atoms with Crippen molar-refractivity contribution in [1.29, 1.82) is 0 Å². The van der Waals surface area contributed by atoms with Gasteiger partial charge in [0.2, 0.25) is 5.91 Å². The molecule has 0 fully saturated rings. The first-order valence-electron chi connectivity index (χ1n) is 8.39. The topological polar surface area (TPSA) is 58.6 Å². The van der Waals surface area contributed by atoms with E-state index in [0.29, 0.717) is 6.61 Å². The Balaban J connectivity index is 2.03. The molecule has 0 aliphatic rings. The minimum absolute atomic E-state index is 0.0390. The number of amides is 1. The predicted molar refractivity (Wildman–Crippen MR) is 94.8 cm³/mol. The van der Waals surface area contributed by atoms with Crippen LogP contribution in [0.15, 0.2) is 54.6 Å².